The third kappa shape index (κ3) is 2.36. The molecule has 2 heterocycles. The summed E-state index contributed by atoms with van der Waals surface area (Å²) in [5.41, 5.74) is 5.91. The molecule has 0 bridgehead atoms. The van der Waals surface area contributed by atoms with Crippen molar-refractivity contribution in [2.75, 3.05) is 0 Å². The van der Waals surface area contributed by atoms with Crippen molar-refractivity contribution >= 4 is 40.1 Å². The number of hydrogen-bond acceptors (Lipinski definition) is 3. The van der Waals surface area contributed by atoms with Gasteiger partial charge in [-0.05, 0) is 48.6 Å². The zero-order valence-corrected chi connectivity index (χ0v) is 15.8. The molecule has 2 aromatic carbocycles. The molecular weight excluding hydrogens is 364 g/mol. The Labute approximate surface area is 161 Å². The summed E-state index contributed by atoms with van der Waals surface area (Å²) in [5.74, 6) is 0.138. The Bertz CT molecular complexity index is 980. The molecule has 130 valence electrons. The topological polar surface area (TPSA) is 32.7 Å². The minimum absolute atomic E-state index is 0.0897. The zero-order chi connectivity index (χ0) is 17.8. The molecule has 1 amide bonds. The molecule has 0 unspecified atom stereocenters. The van der Waals surface area contributed by atoms with E-state index in [-0.39, 0.29) is 17.2 Å². The van der Waals surface area contributed by atoms with E-state index in [9.17, 15) is 4.79 Å². The van der Waals surface area contributed by atoms with Crippen molar-refractivity contribution in [3.8, 4) is 0 Å². The number of rotatable bonds is 1. The maximum Gasteiger partial charge on any atom is 0.242 e. The molecule has 5 rings (SSSR count). The molecule has 1 aliphatic carbocycles. The Hall–Kier alpha value is -2.04. The number of hydrogen-bond donors (Lipinski definition) is 0. The van der Waals surface area contributed by atoms with Crippen LogP contribution in [0.2, 0.25) is 5.02 Å². The lowest BCUT2D eigenvalue weighted by Crippen LogP contribution is -2.39. The average Bonchev–Trinajstić information content (AvgIpc) is 2.94. The van der Waals surface area contributed by atoms with Crippen molar-refractivity contribution in [3.63, 3.8) is 0 Å². The fourth-order valence-corrected chi connectivity index (χ4v) is 5.16. The van der Waals surface area contributed by atoms with Gasteiger partial charge in [-0.15, -0.1) is 0 Å². The number of amides is 1. The van der Waals surface area contributed by atoms with Crippen molar-refractivity contribution < 1.29 is 4.79 Å². The van der Waals surface area contributed by atoms with E-state index in [0.717, 1.165) is 29.3 Å². The first-order valence-electron chi connectivity index (χ1n) is 8.78. The van der Waals surface area contributed by atoms with Crippen molar-refractivity contribution in [1.82, 2.24) is 4.90 Å². The molecule has 0 radical (unpaired) electrons. The van der Waals surface area contributed by atoms with Crippen molar-refractivity contribution in [1.29, 1.82) is 0 Å². The minimum Gasteiger partial charge on any atom is -0.279 e. The number of benzene rings is 2. The maximum atomic E-state index is 12.9. The van der Waals surface area contributed by atoms with Crippen LogP contribution < -0.4 is 0 Å². The van der Waals surface area contributed by atoms with Gasteiger partial charge in [0.05, 0.1) is 17.0 Å². The third-order valence-corrected chi connectivity index (χ3v) is 6.60. The minimum atomic E-state index is -0.0971. The monoisotopic (exact) mass is 380 g/mol. The highest BCUT2D eigenvalue weighted by molar-refractivity contribution is 8.15. The summed E-state index contributed by atoms with van der Waals surface area (Å²) in [6.45, 7) is 1.96. The second-order valence-corrected chi connectivity index (χ2v) is 8.59. The van der Waals surface area contributed by atoms with Gasteiger partial charge in [-0.2, -0.15) is 0 Å². The van der Waals surface area contributed by atoms with Crippen LogP contribution in [-0.2, 0) is 11.2 Å². The summed E-state index contributed by atoms with van der Waals surface area (Å²) >= 11 is 7.65. The molecule has 5 heteroatoms. The van der Waals surface area contributed by atoms with Gasteiger partial charge in [0.2, 0.25) is 5.91 Å². The van der Waals surface area contributed by atoms with Gasteiger partial charge in [-0.25, -0.2) is 4.99 Å². The largest absolute Gasteiger partial charge is 0.279 e. The summed E-state index contributed by atoms with van der Waals surface area (Å²) in [4.78, 5) is 19.7. The zero-order valence-electron chi connectivity index (χ0n) is 14.3. The quantitative estimate of drug-likeness (QED) is 0.691. The molecule has 3 nitrogen and oxygen atoms in total. The summed E-state index contributed by atoms with van der Waals surface area (Å²) in [6, 6.07) is 16.2. The van der Waals surface area contributed by atoms with Crippen LogP contribution in [0.3, 0.4) is 0 Å². The van der Waals surface area contributed by atoms with Crippen LogP contribution in [0.5, 0.6) is 0 Å². The van der Waals surface area contributed by atoms with Crippen molar-refractivity contribution in [3.05, 3.63) is 75.8 Å². The van der Waals surface area contributed by atoms with Gasteiger partial charge in [0.15, 0.2) is 5.17 Å². The predicted octanol–water partition coefficient (Wildman–Crippen LogP) is 5.07. The first-order chi connectivity index (χ1) is 12.6. The van der Waals surface area contributed by atoms with Crippen LogP contribution in [0.1, 0.15) is 36.1 Å². The molecule has 2 aromatic rings. The number of amidine groups is 1. The highest BCUT2D eigenvalue weighted by atomic mass is 35.5. The summed E-state index contributed by atoms with van der Waals surface area (Å²) in [6.07, 6.45) is 1.90. The summed E-state index contributed by atoms with van der Waals surface area (Å²) < 4.78 is 0. The highest BCUT2D eigenvalue weighted by Crippen LogP contribution is 2.48. The Morgan fingerprint density at radius 2 is 1.88 bits per heavy atom. The molecule has 0 N–H and O–H groups in total. The summed E-state index contributed by atoms with van der Waals surface area (Å²) in [5, 5.41) is 1.43. The molecule has 2 aliphatic heterocycles. The van der Waals surface area contributed by atoms with E-state index in [2.05, 4.69) is 24.3 Å². The van der Waals surface area contributed by atoms with Gasteiger partial charge in [0, 0.05) is 10.6 Å². The van der Waals surface area contributed by atoms with Crippen LogP contribution >= 0.6 is 23.4 Å². The molecular formula is C21H17ClN2OS. The molecule has 26 heavy (non-hydrogen) atoms. The van der Waals surface area contributed by atoms with E-state index in [0.29, 0.717) is 5.02 Å². The standard InChI is InChI=1S/C21H17ClN2OS/c1-12-20(25)24-19(14-6-9-15(22)10-7-14)17-11-8-13-4-2-3-5-16(13)18(17)23-21(24)26-12/h2-7,9-10,12,19H,8,11H2,1H3/t12-,19-/m1/s1. The number of halogens is 1. The Balaban J connectivity index is 1.73. The normalized spacial score (nSPS) is 24.2. The number of aliphatic imine (C=N–C) groups is 1. The Morgan fingerprint density at radius 3 is 2.69 bits per heavy atom. The molecule has 1 saturated heterocycles. The SMILES string of the molecule is C[C@H]1SC2=NC3=C(CCc4ccccc43)[C@@H](c3ccc(Cl)cc3)N2C1=O. The fraction of sp³-hybridized carbons (Fsp3) is 0.238. The Kier molecular flexibility index (Phi) is 3.73. The number of carbonyl (C=O) groups excluding carboxylic acids is 1. The van der Waals surface area contributed by atoms with Crippen LogP contribution in [0, 0.1) is 0 Å². The van der Waals surface area contributed by atoms with Gasteiger partial charge >= 0.3 is 0 Å². The van der Waals surface area contributed by atoms with Gasteiger partial charge in [0.1, 0.15) is 0 Å². The first-order valence-corrected chi connectivity index (χ1v) is 10.0. The van der Waals surface area contributed by atoms with Gasteiger partial charge < -0.3 is 0 Å². The fourth-order valence-electron chi connectivity index (χ4n) is 4.05. The van der Waals surface area contributed by atoms with Crippen LogP contribution in [0.4, 0.5) is 0 Å². The molecule has 1 fully saturated rings. The lowest BCUT2D eigenvalue weighted by molar-refractivity contribution is -0.127. The third-order valence-electron chi connectivity index (χ3n) is 5.30. The van der Waals surface area contributed by atoms with Crippen molar-refractivity contribution in [2.45, 2.75) is 31.1 Å². The maximum absolute atomic E-state index is 12.9. The van der Waals surface area contributed by atoms with Gasteiger partial charge in [-0.1, -0.05) is 59.8 Å². The van der Waals surface area contributed by atoms with E-state index in [1.54, 1.807) is 11.8 Å². The lowest BCUT2D eigenvalue weighted by Gasteiger charge is -2.37. The number of thioether (sulfide) groups is 1. The van der Waals surface area contributed by atoms with Crippen LogP contribution in [-0.4, -0.2) is 21.2 Å². The lowest BCUT2D eigenvalue weighted by atomic mass is 9.82. The smallest absolute Gasteiger partial charge is 0.242 e. The van der Waals surface area contributed by atoms with Gasteiger partial charge in [0.25, 0.3) is 0 Å². The van der Waals surface area contributed by atoms with Crippen molar-refractivity contribution in [2.24, 2.45) is 4.99 Å². The van der Waals surface area contributed by atoms with E-state index in [1.807, 2.05) is 36.1 Å². The molecule has 3 aliphatic rings. The molecule has 2 atom stereocenters. The highest BCUT2D eigenvalue weighted by Gasteiger charge is 2.45. The predicted molar refractivity (Wildman–Crippen MR) is 107 cm³/mol. The van der Waals surface area contributed by atoms with E-state index < -0.39 is 0 Å². The summed E-state index contributed by atoms with van der Waals surface area (Å²) in [7, 11) is 0. The van der Waals surface area contributed by atoms with Crippen LogP contribution in [0.25, 0.3) is 5.70 Å². The van der Waals surface area contributed by atoms with Gasteiger partial charge in [-0.3, -0.25) is 9.69 Å². The second-order valence-electron chi connectivity index (χ2n) is 6.85. The van der Waals surface area contributed by atoms with E-state index in [4.69, 9.17) is 16.6 Å². The Morgan fingerprint density at radius 1 is 1.12 bits per heavy atom. The molecule has 0 saturated carbocycles. The average molecular weight is 381 g/mol. The first kappa shape index (κ1) is 16.2. The number of carbonyl (C=O) groups is 1. The number of nitrogens with zero attached hydrogens (tertiary/aromatic N) is 2. The number of fused-ring (bicyclic) bond motifs is 3. The number of aryl methyl sites for hydroxylation is 1. The molecule has 0 aromatic heterocycles. The van der Waals surface area contributed by atoms with E-state index >= 15 is 0 Å². The second kappa shape index (κ2) is 6.00. The van der Waals surface area contributed by atoms with E-state index in [1.165, 1.54) is 16.7 Å². The molecule has 0 spiro atoms. The van der Waals surface area contributed by atoms with Crippen LogP contribution in [0.15, 0.2) is 59.1 Å².